The predicted octanol–water partition coefficient (Wildman–Crippen LogP) is 2.97. The minimum atomic E-state index is -0.905. The molecule has 2 aliphatic heterocycles. The Hall–Kier alpha value is -2.88. The van der Waals surface area contributed by atoms with Crippen molar-refractivity contribution in [2.24, 2.45) is 17.8 Å². The number of carbonyl (C=O) groups excluding carboxylic acids is 2. The summed E-state index contributed by atoms with van der Waals surface area (Å²) in [5, 5.41) is 3.30. The summed E-state index contributed by atoms with van der Waals surface area (Å²) in [6, 6.07) is 15.8. The molecular formula is C23H20N2O2. The molecule has 2 fully saturated rings. The van der Waals surface area contributed by atoms with Gasteiger partial charge in [0.15, 0.2) is 5.66 Å². The van der Waals surface area contributed by atoms with Gasteiger partial charge in [-0.3, -0.25) is 9.59 Å². The first-order chi connectivity index (χ1) is 13.1. The lowest BCUT2D eigenvalue weighted by molar-refractivity contribution is -0.138. The van der Waals surface area contributed by atoms with Gasteiger partial charge in [-0.25, -0.2) is 0 Å². The second-order valence-electron chi connectivity index (χ2n) is 8.25. The van der Waals surface area contributed by atoms with E-state index >= 15 is 0 Å². The second-order valence-corrected chi connectivity index (χ2v) is 8.25. The number of aryl methyl sites for hydroxylation is 1. The fraction of sp³-hybridized carbons (Fsp3) is 0.304. The molecular weight excluding hydrogens is 336 g/mol. The summed E-state index contributed by atoms with van der Waals surface area (Å²) in [6.07, 6.45) is 5.34. The Balaban J connectivity index is 1.64. The Morgan fingerprint density at radius 3 is 2.56 bits per heavy atom. The minimum Gasteiger partial charge on any atom is -0.325 e. The van der Waals surface area contributed by atoms with E-state index in [1.54, 1.807) is 0 Å². The summed E-state index contributed by atoms with van der Waals surface area (Å²) >= 11 is 0. The summed E-state index contributed by atoms with van der Waals surface area (Å²) in [6.45, 7) is 2.04. The van der Waals surface area contributed by atoms with Gasteiger partial charge >= 0.3 is 0 Å². The summed E-state index contributed by atoms with van der Waals surface area (Å²) in [4.78, 5) is 28.8. The molecule has 0 spiro atoms. The monoisotopic (exact) mass is 356 g/mol. The van der Waals surface area contributed by atoms with Crippen molar-refractivity contribution in [3.63, 3.8) is 0 Å². The molecule has 27 heavy (non-hydrogen) atoms. The van der Waals surface area contributed by atoms with Gasteiger partial charge in [-0.2, -0.15) is 0 Å². The molecule has 6 rings (SSSR count). The lowest BCUT2D eigenvalue weighted by Crippen LogP contribution is -2.69. The van der Waals surface area contributed by atoms with Crippen LogP contribution in [0.1, 0.15) is 33.5 Å². The Kier molecular flexibility index (Phi) is 2.75. The van der Waals surface area contributed by atoms with Crippen molar-refractivity contribution in [3.05, 3.63) is 82.9 Å². The Morgan fingerprint density at radius 1 is 1.00 bits per heavy atom. The number of amides is 2. The Bertz CT molecular complexity index is 1020. The molecule has 2 aromatic rings. The van der Waals surface area contributed by atoms with Gasteiger partial charge < -0.3 is 10.2 Å². The average molecular weight is 356 g/mol. The molecule has 4 aliphatic rings. The first kappa shape index (κ1) is 15.2. The standard InChI is InChI=1S/C23H20N2O2/c1-13-6-10-16(11-7-13)23-18-5-3-2-4-17(18)22(27)25(23)20-15-9-8-14(12-15)19(20)21(26)24-23/h2-11,14-15,19-20H,12H2,1H3,(H,24,26)/t14-,15+,19+,20-,23+/m0/s1. The van der Waals surface area contributed by atoms with Gasteiger partial charge in [0.2, 0.25) is 5.91 Å². The molecule has 4 nitrogen and oxygen atoms in total. The highest BCUT2D eigenvalue weighted by Crippen LogP contribution is 2.55. The van der Waals surface area contributed by atoms with Crippen molar-refractivity contribution in [1.82, 2.24) is 10.2 Å². The molecule has 2 heterocycles. The van der Waals surface area contributed by atoms with E-state index in [0.29, 0.717) is 5.56 Å². The lowest BCUT2D eigenvalue weighted by atomic mass is 9.79. The molecule has 5 atom stereocenters. The van der Waals surface area contributed by atoms with Crippen molar-refractivity contribution in [2.75, 3.05) is 0 Å². The maximum absolute atomic E-state index is 13.6. The summed E-state index contributed by atoms with van der Waals surface area (Å²) < 4.78 is 0. The first-order valence-electron chi connectivity index (χ1n) is 9.62. The smallest absolute Gasteiger partial charge is 0.256 e. The third-order valence-corrected chi connectivity index (χ3v) is 6.92. The summed E-state index contributed by atoms with van der Waals surface area (Å²) in [5.41, 5.74) is 2.79. The number of nitrogens with zero attached hydrogens (tertiary/aromatic N) is 1. The summed E-state index contributed by atoms with van der Waals surface area (Å²) in [7, 11) is 0. The van der Waals surface area contributed by atoms with Crippen LogP contribution in [0.3, 0.4) is 0 Å². The zero-order valence-electron chi connectivity index (χ0n) is 15.1. The van der Waals surface area contributed by atoms with E-state index in [4.69, 9.17) is 0 Å². The fourth-order valence-electron chi connectivity index (χ4n) is 5.80. The number of nitrogens with one attached hydrogen (secondary N) is 1. The highest BCUT2D eigenvalue weighted by molar-refractivity contribution is 6.03. The molecule has 0 unspecified atom stereocenters. The number of hydrogen-bond acceptors (Lipinski definition) is 2. The van der Waals surface area contributed by atoms with E-state index in [-0.39, 0.29) is 35.6 Å². The van der Waals surface area contributed by atoms with Crippen molar-refractivity contribution in [3.8, 4) is 0 Å². The number of allylic oxidation sites excluding steroid dienone is 1. The van der Waals surface area contributed by atoms with Crippen LogP contribution in [0.25, 0.3) is 0 Å². The van der Waals surface area contributed by atoms with Gasteiger partial charge in [-0.1, -0.05) is 60.2 Å². The van der Waals surface area contributed by atoms with Crippen LogP contribution in [0.15, 0.2) is 60.7 Å². The van der Waals surface area contributed by atoms with E-state index in [2.05, 4.69) is 17.5 Å². The van der Waals surface area contributed by atoms with Gasteiger partial charge in [0.25, 0.3) is 5.91 Å². The molecule has 1 N–H and O–H groups in total. The second kappa shape index (κ2) is 4.89. The predicted molar refractivity (Wildman–Crippen MR) is 101 cm³/mol. The van der Waals surface area contributed by atoms with E-state index in [1.165, 1.54) is 0 Å². The van der Waals surface area contributed by atoms with Crippen molar-refractivity contribution in [1.29, 1.82) is 0 Å². The molecule has 2 bridgehead atoms. The molecule has 1 saturated heterocycles. The van der Waals surface area contributed by atoms with Gasteiger partial charge in [0.1, 0.15) is 0 Å². The fourth-order valence-corrected chi connectivity index (χ4v) is 5.80. The molecule has 2 aromatic carbocycles. The van der Waals surface area contributed by atoms with Crippen molar-refractivity contribution in [2.45, 2.75) is 25.0 Å². The molecule has 2 amide bonds. The number of hydrogen-bond donors (Lipinski definition) is 1. The SMILES string of the molecule is Cc1ccc([C@@]23NC(=O)[C@H]4[C@H]([C@@H]5C=C[C@H]4C5)N2C(=O)c2ccccc23)cc1. The largest absolute Gasteiger partial charge is 0.325 e. The lowest BCUT2D eigenvalue weighted by Gasteiger charge is -2.51. The van der Waals surface area contributed by atoms with Gasteiger partial charge in [-0.15, -0.1) is 0 Å². The van der Waals surface area contributed by atoms with Gasteiger partial charge in [0, 0.05) is 16.7 Å². The first-order valence-corrected chi connectivity index (χ1v) is 9.62. The third kappa shape index (κ3) is 1.69. The van der Waals surface area contributed by atoms with Crippen LogP contribution in [-0.4, -0.2) is 22.8 Å². The zero-order chi connectivity index (χ0) is 18.3. The molecule has 4 heteroatoms. The van der Waals surface area contributed by atoms with Crippen LogP contribution in [0.5, 0.6) is 0 Å². The molecule has 1 saturated carbocycles. The quantitative estimate of drug-likeness (QED) is 0.799. The summed E-state index contributed by atoms with van der Waals surface area (Å²) in [5.74, 6) is 0.457. The van der Waals surface area contributed by atoms with E-state index in [0.717, 1.165) is 23.1 Å². The highest BCUT2D eigenvalue weighted by Gasteiger charge is 2.65. The van der Waals surface area contributed by atoms with E-state index in [1.807, 2.05) is 60.4 Å². The molecule has 0 aromatic heterocycles. The van der Waals surface area contributed by atoms with Crippen LogP contribution >= 0.6 is 0 Å². The third-order valence-electron chi connectivity index (χ3n) is 6.92. The number of fused-ring (bicyclic) bond motifs is 9. The molecule has 0 radical (unpaired) electrons. The normalized spacial score (nSPS) is 35.1. The molecule has 2 aliphatic carbocycles. The maximum atomic E-state index is 13.6. The topological polar surface area (TPSA) is 49.4 Å². The van der Waals surface area contributed by atoms with Gasteiger partial charge in [0.05, 0.1) is 12.0 Å². The van der Waals surface area contributed by atoms with Crippen LogP contribution in [0.4, 0.5) is 0 Å². The minimum absolute atomic E-state index is 0.0297. The van der Waals surface area contributed by atoms with E-state index in [9.17, 15) is 9.59 Å². The van der Waals surface area contributed by atoms with Gasteiger partial charge in [-0.05, 0) is 31.2 Å². The average Bonchev–Trinajstić information content (AvgIpc) is 3.35. The number of rotatable bonds is 1. The van der Waals surface area contributed by atoms with Crippen molar-refractivity contribution < 1.29 is 9.59 Å². The van der Waals surface area contributed by atoms with Crippen LogP contribution in [-0.2, 0) is 10.5 Å². The number of carbonyl (C=O) groups is 2. The van der Waals surface area contributed by atoms with Crippen LogP contribution in [0, 0.1) is 24.7 Å². The zero-order valence-corrected chi connectivity index (χ0v) is 15.1. The van der Waals surface area contributed by atoms with Crippen LogP contribution in [0.2, 0.25) is 0 Å². The maximum Gasteiger partial charge on any atom is 0.256 e. The number of benzene rings is 2. The van der Waals surface area contributed by atoms with E-state index < -0.39 is 5.66 Å². The highest BCUT2D eigenvalue weighted by atomic mass is 16.2. The Morgan fingerprint density at radius 2 is 1.74 bits per heavy atom. The van der Waals surface area contributed by atoms with Crippen molar-refractivity contribution >= 4 is 11.8 Å². The van der Waals surface area contributed by atoms with Crippen LogP contribution < -0.4 is 5.32 Å². The Labute approximate surface area is 157 Å². The molecule has 134 valence electrons.